The van der Waals surface area contributed by atoms with Crippen molar-refractivity contribution in [3.63, 3.8) is 0 Å². The molecular weight excluding hydrogens is 210 g/mol. The second kappa shape index (κ2) is 8.91. The van der Waals surface area contributed by atoms with Crippen LogP contribution in [0.2, 0.25) is 0 Å². The zero-order valence-corrected chi connectivity index (χ0v) is 9.82. The van der Waals surface area contributed by atoms with Crippen molar-refractivity contribution in [2.75, 3.05) is 20.8 Å². The molecule has 0 saturated carbocycles. The summed E-state index contributed by atoms with van der Waals surface area (Å²) in [4.78, 5) is 22.6. The van der Waals surface area contributed by atoms with Crippen LogP contribution in [0.4, 0.5) is 0 Å². The van der Waals surface area contributed by atoms with Crippen molar-refractivity contribution in [3.8, 4) is 0 Å². The third-order valence-corrected chi connectivity index (χ3v) is 2.00. The number of methoxy groups -OCH3 is 2. The van der Waals surface area contributed by atoms with Gasteiger partial charge in [-0.3, -0.25) is 4.79 Å². The molecule has 0 spiro atoms. The number of hydrogen-bond donors (Lipinski definition) is 1. The highest BCUT2D eigenvalue weighted by atomic mass is 16.5. The fraction of sp³-hybridized carbons (Fsp3) is 0.636. The first-order valence-corrected chi connectivity index (χ1v) is 5.12. The number of rotatable bonds is 8. The van der Waals surface area contributed by atoms with Crippen LogP contribution in [0, 0.1) is 0 Å². The van der Waals surface area contributed by atoms with Gasteiger partial charge in [0.15, 0.2) is 0 Å². The van der Waals surface area contributed by atoms with Crippen LogP contribution in [0.15, 0.2) is 12.7 Å². The van der Waals surface area contributed by atoms with Gasteiger partial charge in [0.05, 0.1) is 7.11 Å². The van der Waals surface area contributed by atoms with E-state index in [0.29, 0.717) is 6.42 Å². The van der Waals surface area contributed by atoms with Crippen molar-refractivity contribution >= 4 is 11.9 Å². The molecule has 0 aliphatic rings. The summed E-state index contributed by atoms with van der Waals surface area (Å²) in [6, 6.07) is -0.604. The highest BCUT2D eigenvalue weighted by Gasteiger charge is 2.20. The van der Waals surface area contributed by atoms with E-state index in [0.717, 1.165) is 12.8 Å². The SMILES string of the molecule is C=CCCC[C@@H](NC(=O)COC)C(=O)OC. The Bertz CT molecular complexity index is 240. The summed E-state index contributed by atoms with van der Waals surface area (Å²) in [7, 11) is 2.72. The Labute approximate surface area is 95.8 Å². The van der Waals surface area contributed by atoms with Gasteiger partial charge in [0.2, 0.25) is 5.91 Å². The van der Waals surface area contributed by atoms with E-state index in [1.165, 1.54) is 14.2 Å². The van der Waals surface area contributed by atoms with Gasteiger partial charge in [-0.15, -0.1) is 6.58 Å². The van der Waals surface area contributed by atoms with Gasteiger partial charge in [-0.2, -0.15) is 0 Å². The van der Waals surface area contributed by atoms with E-state index in [4.69, 9.17) is 0 Å². The summed E-state index contributed by atoms with van der Waals surface area (Å²) >= 11 is 0. The van der Waals surface area contributed by atoms with E-state index < -0.39 is 12.0 Å². The smallest absolute Gasteiger partial charge is 0.328 e. The van der Waals surface area contributed by atoms with Crippen molar-refractivity contribution in [3.05, 3.63) is 12.7 Å². The van der Waals surface area contributed by atoms with E-state index in [-0.39, 0.29) is 12.5 Å². The number of ether oxygens (including phenoxy) is 2. The van der Waals surface area contributed by atoms with Crippen molar-refractivity contribution in [1.29, 1.82) is 0 Å². The summed E-state index contributed by atoms with van der Waals surface area (Å²) < 4.78 is 9.26. The molecule has 1 amide bonds. The summed E-state index contributed by atoms with van der Waals surface area (Å²) in [5.41, 5.74) is 0. The molecule has 0 unspecified atom stereocenters. The Morgan fingerprint density at radius 2 is 2.12 bits per heavy atom. The molecule has 0 heterocycles. The Hall–Kier alpha value is -1.36. The molecule has 0 rings (SSSR count). The monoisotopic (exact) mass is 229 g/mol. The minimum absolute atomic E-state index is 0.0606. The molecule has 5 nitrogen and oxygen atoms in total. The minimum atomic E-state index is -0.604. The second-order valence-corrected chi connectivity index (χ2v) is 3.30. The molecule has 0 aliphatic carbocycles. The summed E-state index contributed by atoms with van der Waals surface area (Å²) in [6.07, 6.45) is 3.88. The predicted molar refractivity (Wildman–Crippen MR) is 59.9 cm³/mol. The normalized spacial score (nSPS) is 11.6. The molecule has 5 heteroatoms. The lowest BCUT2D eigenvalue weighted by Gasteiger charge is -2.15. The molecule has 0 aromatic rings. The molecule has 16 heavy (non-hydrogen) atoms. The average Bonchev–Trinajstić information content (AvgIpc) is 2.27. The predicted octanol–water partition coefficient (Wildman–Crippen LogP) is 0.647. The lowest BCUT2D eigenvalue weighted by atomic mass is 10.1. The zero-order valence-electron chi connectivity index (χ0n) is 9.82. The van der Waals surface area contributed by atoms with Crippen molar-refractivity contribution in [2.45, 2.75) is 25.3 Å². The second-order valence-electron chi connectivity index (χ2n) is 3.30. The van der Waals surface area contributed by atoms with E-state index in [9.17, 15) is 9.59 Å². The van der Waals surface area contributed by atoms with E-state index >= 15 is 0 Å². The maximum Gasteiger partial charge on any atom is 0.328 e. The average molecular weight is 229 g/mol. The Kier molecular flexibility index (Phi) is 8.15. The third kappa shape index (κ3) is 6.19. The number of hydrogen-bond acceptors (Lipinski definition) is 4. The maximum absolute atomic E-state index is 11.3. The van der Waals surface area contributed by atoms with Gasteiger partial charge < -0.3 is 14.8 Å². The number of carbonyl (C=O) groups is 2. The number of esters is 1. The Morgan fingerprint density at radius 1 is 1.44 bits per heavy atom. The Morgan fingerprint density at radius 3 is 2.62 bits per heavy atom. The van der Waals surface area contributed by atoms with Gasteiger partial charge in [-0.1, -0.05) is 6.08 Å². The lowest BCUT2D eigenvalue weighted by molar-refractivity contribution is -0.145. The number of allylic oxidation sites excluding steroid dienone is 1. The van der Waals surface area contributed by atoms with Gasteiger partial charge in [0, 0.05) is 7.11 Å². The third-order valence-electron chi connectivity index (χ3n) is 2.00. The van der Waals surface area contributed by atoms with Crippen LogP contribution in [-0.2, 0) is 19.1 Å². The van der Waals surface area contributed by atoms with Crippen LogP contribution in [-0.4, -0.2) is 38.7 Å². The molecule has 0 aliphatic heterocycles. The van der Waals surface area contributed by atoms with Crippen LogP contribution in [0.3, 0.4) is 0 Å². The molecule has 0 aromatic carbocycles. The molecule has 92 valence electrons. The highest BCUT2D eigenvalue weighted by Crippen LogP contribution is 2.03. The fourth-order valence-corrected chi connectivity index (χ4v) is 1.22. The number of nitrogens with one attached hydrogen (secondary N) is 1. The first-order chi connectivity index (χ1) is 7.65. The Balaban J connectivity index is 4.14. The molecule has 0 aromatic heterocycles. The van der Waals surface area contributed by atoms with Gasteiger partial charge in [-0.05, 0) is 19.3 Å². The standard InChI is InChI=1S/C11H19NO4/c1-4-5-6-7-9(11(14)16-3)12-10(13)8-15-2/h4,9H,1,5-8H2,2-3H3,(H,12,13)/t9-/m1/s1. The van der Waals surface area contributed by atoms with Gasteiger partial charge >= 0.3 is 5.97 Å². The van der Waals surface area contributed by atoms with Gasteiger partial charge in [0.1, 0.15) is 12.6 Å². The largest absolute Gasteiger partial charge is 0.467 e. The molecule has 0 fully saturated rings. The highest BCUT2D eigenvalue weighted by molar-refractivity contribution is 5.84. The lowest BCUT2D eigenvalue weighted by Crippen LogP contribution is -2.42. The first kappa shape index (κ1) is 14.6. The summed E-state index contributed by atoms with van der Waals surface area (Å²) in [5, 5.41) is 2.55. The van der Waals surface area contributed by atoms with Crippen molar-refractivity contribution < 1.29 is 19.1 Å². The molecular formula is C11H19NO4. The van der Waals surface area contributed by atoms with Gasteiger partial charge in [-0.25, -0.2) is 4.79 Å². The first-order valence-electron chi connectivity index (χ1n) is 5.12. The van der Waals surface area contributed by atoms with Crippen LogP contribution in [0.1, 0.15) is 19.3 Å². The molecule has 0 radical (unpaired) electrons. The van der Waals surface area contributed by atoms with E-state index in [1.807, 2.05) is 0 Å². The van der Waals surface area contributed by atoms with Gasteiger partial charge in [0.25, 0.3) is 0 Å². The zero-order chi connectivity index (χ0) is 12.4. The van der Waals surface area contributed by atoms with Crippen LogP contribution < -0.4 is 5.32 Å². The molecule has 0 saturated heterocycles. The maximum atomic E-state index is 11.3. The topological polar surface area (TPSA) is 64.6 Å². The fourth-order valence-electron chi connectivity index (χ4n) is 1.22. The number of amides is 1. The number of unbranched alkanes of at least 4 members (excludes halogenated alkanes) is 1. The van der Waals surface area contributed by atoms with Crippen LogP contribution in [0.5, 0.6) is 0 Å². The summed E-state index contributed by atoms with van der Waals surface area (Å²) in [6.45, 7) is 3.53. The number of carbonyl (C=O) groups excluding carboxylic acids is 2. The van der Waals surface area contributed by atoms with E-state index in [1.54, 1.807) is 6.08 Å². The van der Waals surface area contributed by atoms with Crippen LogP contribution in [0.25, 0.3) is 0 Å². The summed E-state index contributed by atoms with van der Waals surface area (Å²) in [5.74, 6) is -0.759. The van der Waals surface area contributed by atoms with Crippen LogP contribution >= 0.6 is 0 Å². The van der Waals surface area contributed by atoms with E-state index in [2.05, 4.69) is 21.4 Å². The minimum Gasteiger partial charge on any atom is -0.467 e. The van der Waals surface area contributed by atoms with Crippen molar-refractivity contribution in [2.24, 2.45) is 0 Å². The molecule has 0 bridgehead atoms. The van der Waals surface area contributed by atoms with Crippen molar-refractivity contribution in [1.82, 2.24) is 5.32 Å². The quantitative estimate of drug-likeness (QED) is 0.377. The molecule has 1 N–H and O–H groups in total. The molecule has 1 atom stereocenters.